The SMILES string of the molecule is CC[C@@]1(O)CCC[C@@H]2CN(c3ccc(-c4ccccc4)nn3)C[C@@H]21. The van der Waals surface area contributed by atoms with Crippen LogP contribution in [-0.4, -0.2) is 34.0 Å². The lowest BCUT2D eigenvalue weighted by molar-refractivity contribution is -0.0597. The number of rotatable bonds is 3. The molecule has 1 N–H and O–H groups in total. The van der Waals surface area contributed by atoms with Crippen LogP contribution in [0.1, 0.15) is 32.6 Å². The van der Waals surface area contributed by atoms with Crippen molar-refractivity contribution in [2.24, 2.45) is 11.8 Å². The maximum Gasteiger partial charge on any atom is 0.151 e. The second-order valence-corrected chi connectivity index (χ2v) is 7.26. The molecule has 1 aromatic heterocycles. The molecule has 24 heavy (non-hydrogen) atoms. The third-order valence-corrected chi connectivity index (χ3v) is 5.97. The third-order valence-electron chi connectivity index (χ3n) is 5.97. The topological polar surface area (TPSA) is 49.2 Å². The molecule has 2 fully saturated rings. The molecule has 1 saturated carbocycles. The van der Waals surface area contributed by atoms with Crippen LogP contribution in [0.5, 0.6) is 0 Å². The van der Waals surface area contributed by atoms with E-state index in [9.17, 15) is 5.11 Å². The average molecular weight is 323 g/mol. The largest absolute Gasteiger partial charge is 0.390 e. The quantitative estimate of drug-likeness (QED) is 0.939. The van der Waals surface area contributed by atoms with Gasteiger partial charge in [0.25, 0.3) is 0 Å². The van der Waals surface area contributed by atoms with Gasteiger partial charge < -0.3 is 10.0 Å². The molecule has 126 valence electrons. The minimum atomic E-state index is -0.491. The molecule has 4 nitrogen and oxygen atoms in total. The van der Waals surface area contributed by atoms with E-state index in [4.69, 9.17) is 0 Å². The van der Waals surface area contributed by atoms with Gasteiger partial charge in [0.05, 0.1) is 11.3 Å². The minimum Gasteiger partial charge on any atom is -0.390 e. The van der Waals surface area contributed by atoms with Crippen molar-refractivity contribution in [1.82, 2.24) is 10.2 Å². The monoisotopic (exact) mass is 323 g/mol. The Morgan fingerprint density at radius 2 is 1.96 bits per heavy atom. The van der Waals surface area contributed by atoms with Crippen molar-refractivity contribution in [2.45, 2.75) is 38.2 Å². The Balaban J connectivity index is 1.53. The van der Waals surface area contributed by atoms with E-state index >= 15 is 0 Å². The fourth-order valence-corrected chi connectivity index (χ4v) is 4.51. The number of aromatic nitrogens is 2. The molecule has 4 rings (SSSR count). The van der Waals surface area contributed by atoms with Crippen LogP contribution in [0.3, 0.4) is 0 Å². The molecule has 0 spiro atoms. The molecule has 1 saturated heterocycles. The van der Waals surface area contributed by atoms with Gasteiger partial charge in [-0.25, -0.2) is 0 Å². The van der Waals surface area contributed by atoms with Gasteiger partial charge in [-0.1, -0.05) is 43.7 Å². The van der Waals surface area contributed by atoms with Crippen LogP contribution < -0.4 is 4.90 Å². The lowest BCUT2D eigenvalue weighted by atomic mass is 9.69. The van der Waals surface area contributed by atoms with Crippen molar-refractivity contribution < 1.29 is 5.11 Å². The molecular formula is C20H25N3O. The van der Waals surface area contributed by atoms with Crippen molar-refractivity contribution in [3.8, 4) is 11.3 Å². The second kappa shape index (κ2) is 6.17. The predicted molar refractivity (Wildman–Crippen MR) is 95.8 cm³/mol. The highest BCUT2D eigenvalue weighted by molar-refractivity contribution is 5.59. The minimum absolute atomic E-state index is 0.367. The van der Waals surface area contributed by atoms with Crippen molar-refractivity contribution in [3.63, 3.8) is 0 Å². The molecule has 1 aliphatic carbocycles. The maximum atomic E-state index is 10.9. The molecule has 2 heterocycles. The van der Waals surface area contributed by atoms with E-state index in [2.05, 4.69) is 40.2 Å². The summed E-state index contributed by atoms with van der Waals surface area (Å²) in [6.07, 6.45) is 4.15. The maximum absolute atomic E-state index is 10.9. The summed E-state index contributed by atoms with van der Waals surface area (Å²) in [6.45, 7) is 4.00. The van der Waals surface area contributed by atoms with Crippen molar-refractivity contribution in [3.05, 3.63) is 42.5 Å². The summed E-state index contributed by atoms with van der Waals surface area (Å²) in [5.41, 5.74) is 1.50. The van der Waals surface area contributed by atoms with E-state index in [1.807, 2.05) is 24.3 Å². The van der Waals surface area contributed by atoms with Crippen LogP contribution in [0.15, 0.2) is 42.5 Å². The van der Waals surface area contributed by atoms with Gasteiger partial charge in [0.1, 0.15) is 0 Å². The van der Waals surface area contributed by atoms with Crippen LogP contribution in [0, 0.1) is 11.8 Å². The predicted octanol–water partition coefficient (Wildman–Crippen LogP) is 3.52. The summed E-state index contributed by atoms with van der Waals surface area (Å²) in [5, 5.41) is 19.8. The first kappa shape index (κ1) is 15.6. The summed E-state index contributed by atoms with van der Waals surface area (Å²) < 4.78 is 0. The van der Waals surface area contributed by atoms with Gasteiger partial charge in [-0.15, -0.1) is 10.2 Å². The van der Waals surface area contributed by atoms with Crippen molar-refractivity contribution in [1.29, 1.82) is 0 Å². The first-order valence-corrected chi connectivity index (χ1v) is 9.06. The number of hydrogen-bond acceptors (Lipinski definition) is 4. The molecule has 2 aliphatic rings. The zero-order chi connectivity index (χ0) is 16.6. The Labute approximate surface area is 143 Å². The Kier molecular flexibility index (Phi) is 4.01. The number of nitrogens with zero attached hydrogens (tertiary/aromatic N) is 3. The van der Waals surface area contributed by atoms with Crippen molar-refractivity contribution in [2.75, 3.05) is 18.0 Å². The number of benzene rings is 1. The van der Waals surface area contributed by atoms with Crippen molar-refractivity contribution >= 4 is 5.82 Å². The molecule has 0 amide bonds. The van der Waals surface area contributed by atoms with Crippen LogP contribution in [0.25, 0.3) is 11.3 Å². The first-order chi connectivity index (χ1) is 11.7. The molecular weight excluding hydrogens is 298 g/mol. The van der Waals surface area contributed by atoms with Gasteiger partial charge in [-0.2, -0.15) is 0 Å². The van der Waals surface area contributed by atoms with Gasteiger partial charge in [0, 0.05) is 24.6 Å². The fraction of sp³-hybridized carbons (Fsp3) is 0.500. The smallest absolute Gasteiger partial charge is 0.151 e. The van der Waals surface area contributed by atoms with Gasteiger partial charge in [0.15, 0.2) is 5.82 Å². The molecule has 0 bridgehead atoms. The molecule has 0 radical (unpaired) electrons. The van der Waals surface area contributed by atoms with E-state index in [1.54, 1.807) is 0 Å². The fourth-order valence-electron chi connectivity index (χ4n) is 4.51. The van der Waals surface area contributed by atoms with Gasteiger partial charge in [-0.3, -0.25) is 0 Å². The zero-order valence-electron chi connectivity index (χ0n) is 14.2. The standard InChI is InChI=1S/C20H25N3O/c1-2-20(24)12-6-9-16-13-23(14-17(16)20)19-11-10-18(21-22-19)15-7-4-3-5-8-15/h3-5,7-8,10-11,16-17,24H,2,6,9,12-14H2,1H3/t16-,17+,20-/m1/s1. The van der Waals surface area contributed by atoms with Crippen LogP contribution >= 0.6 is 0 Å². The zero-order valence-corrected chi connectivity index (χ0v) is 14.2. The number of anilines is 1. The molecule has 3 atom stereocenters. The summed E-state index contributed by atoms with van der Waals surface area (Å²) >= 11 is 0. The van der Waals surface area contributed by atoms with E-state index in [-0.39, 0.29) is 0 Å². The third kappa shape index (κ3) is 2.69. The second-order valence-electron chi connectivity index (χ2n) is 7.26. The lowest BCUT2D eigenvalue weighted by Gasteiger charge is -2.40. The highest BCUT2D eigenvalue weighted by atomic mass is 16.3. The van der Waals surface area contributed by atoms with Gasteiger partial charge >= 0.3 is 0 Å². The Morgan fingerprint density at radius 3 is 2.67 bits per heavy atom. The average Bonchev–Trinajstić information content (AvgIpc) is 3.09. The Bertz CT molecular complexity index is 688. The van der Waals surface area contributed by atoms with E-state index in [1.165, 1.54) is 6.42 Å². The summed E-state index contributed by atoms with van der Waals surface area (Å²) in [4.78, 5) is 2.31. The molecule has 1 aromatic carbocycles. The normalized spacial score (nSPS) is 29.5. The first-order valence-electron chi connectivity index (χ1n) is 9.06. The van der Waals surface area contributed by atoms with Crippen LogP contribution in [0.2, 0.25) is 0 Å². The Morgan fingerprint density at radius 1 is 1.12 bits per heavy atom. The number of fused-ring (bicyclic) bond motifs is 1. The highest BCUT2D eigenvalue weighted by Crippen LogP contribution is 2.45. The van der Waals surface area contributed by atoms with E-state index in [0.717, 1.165) is 49.4 Å². The lowest BCUT2D eigenvalue weighted by Crippen LogP contribution is -2.44. The molecule has 1 aliphatic heterocycles. The summed E-state index contributed by atoms with van der Waals surface area (Å²) in [6, 6.07) is 14.3. The van der Waals surface area contributed by atoms with Gasteiger partial charge in [0.2, 0.25) is 0 Å². The molecule has 2 aromatic rings. The van der Waals surface area contributed by atoms with E-state index < -0.39 is 5.60 Å². The van der Waals surface area contributed by atoms with Gasteiger partial charge in [-0.05, 0) is 37.3 Å². The summed E-state index contributed by atoms with van der Waals surface area (Å²) in [7, 11) is 0. The number of aliphatic hydroxyl groups is 1. The van der Waals surface area contributed by atoms with Crippen LogP contribution in [-0.2, 0) is 0 Å². The molecule has 0 unspecified atom stereocenters. The van der Waals surface area contributed by atoms with Crippen LogP contribution in [0.4, 0.5) is 5.82 Å². The highest BCUT2D eigenvalue weighted by Gasteiger charge is 2.48. The van der Waals surface area contributed by atoms with E-state index in [0.29, 0.717) is 11.8 Å². The Hall–Kier alpha value is -1.94. The summed E-state index contributed by atoms with van der Waals surface area (Å²) in [5.74, 6) is 1.88. The number of hydrogen-bond donors (Lipinski definition) is 1. The molecule has 4 heteroatoms.